The van der Waals surface area contributed by atoms with Gasteiger partial charge < -0.3 is 9.64 Å². The monoisotopic (exact) mass is 431 g/mol. The number of carbonyl (C=O) groups excluding carboxylic acids is 1. The number of anilines is 1. The van der Waals surface area contributed by atoms with Crippen molar-refractivity contribution in [1.82, 2.24) is 0 Å². The van der Waals surface area contributed by atoms with Crippen LogP contribution >= 0.6 is 0 Å². The standard InChI is InChI=1S/C24H33NO4S/c1-18(2)25(20-11-15-22(16-12-20)30(6,27)28)23(26)8-7-17-29-21-13-9-19(10-14-21)24(3,4)5/h9-16,18H,7-8,17H2,1-6H3. The van der Waals surface area contributed by atoms with Crippen molar-refractivity contribution in [3.63, 3.8) is 0 Å². The van der Waals surface area contributed by atoms with Gasteiger partial charge in [-0.3, -0.25) is 4.79 Å². The lowest BCUT2D eigenvalue weighted by Crippen LogP contribution is -2.37. The molecule has 0 unspecified atom stereocenters. The molecule has 0 aliphatic heterocycles. The summed E-state index contributed by atoms with van der Waals surface area (Å²) < 4.78 is 29.1. The first kappa shape index (κ1) is 23.9. The average molecular weight is 432 g/mol. The van der Waals surface area contributed by atoms with Crippen LogP contribution in [-0.4, -0.2) is 33.2 Å². The summed E-state index contributed by atoms with van der Waals surface area (Å²) in [6, 6.07) is 14.5. The average Bonchev–Trinajstić information content (AvgIpc) is 2.64. The lowest BCUT2D eigenvalue weighted by atomic mass is 9.87. The van der Waals surface area contributed by atoms with Gasteiger partial charge >= 0.3 is 0 Å². The third-order valence-electron chi connectivity index (χ3n) is 4.85. The van der Waals surface area contributed by atoms with E-state index in [0.717, 1.165) is 5.75 Å². The molecular weight excluding hydrogens is 398 g/mol. The Balaban J connectivity index is 1.93. The number of ether oxygens (including phenoxy) is 1. The van der Waals surface area contributed by atoms with Gasteiger partial charge in [0.15, 0.2) is 9.84 Å². The van der Waals surface area contributed by atoms with Crippen LogP contribution in [0.1, 0.15) is 53.0 Å². The summed E-state index contributed by atoms with van der Waals surface area (Å²) in [4.78, 5) is 14.7. The van der Waals surface area contributed by atoms with Crippen molar-refractivity contribution >= 4 is 21.4 Å². The Morgan fingerprint density at radius 1 is 1.00 bits per heavy atom. The van der Waals surface area contributed by atoms with Gasteiger partial charge in [-0.05, 0) is 67.6 Å². The first-order valence-electron chi connectivity index (χ1n) is 10.2. The number of nitrogens with zero attached hydrogens (tertiary/aromatic N) is 1. The predicted octanol–water partition coefficient (Wildman–Crippen LogP) is 4.99. The Kier molecular flexibility index (Phi) is 7.70. The Bertz CT molecular complexity index is 940. The van der Waals surface area contributed by atoms with E-state index in [9.17, 15) is 13.2 Å². The minimum Gasteiger partial charge on any atom is -0.494 e. The fourth-order valence-electron chi connectivity index (χ4n) is 3.17. The predicted molar refractivity (Wildman–Crippen MR) is 122 cm³/mol. The van der Waals surface area contributed by atoms with Crippen LogP contribution in [0.2, 0.25) is 0 Å². The summed E-state index contributed by atoms with van der Waals surface area (Å²) in [7, 11) is -3.26. The van der Waals surface area contributed by atoms with Gasteiger partial charge in [0.25, 0.3) is 0 Å². The molecule has 0 atom stereocenters. The molecule has 164 valence electrons. The number of benzene rings is 2. The second-order valence-corrected chi connectivity index (χ2v) is 10.9. The third-order valence-corrected chi connectivity index (χ3v) is 5.98. The van der Waals surface area contributed by atoms with Gasteiger partial charge in [0.05, 0.1) is 11.5 Å². The number of hydrogen-bond acceptors (Lipinski definition) is 4. The second kappa shape index (κ2) is 9.65. The lowest BCUT2D eigenvalue weighted by molar-refractivity contribution is -0.119. The summed E-state index contributed by atoms with van der Waals surface area (Å²) in [6.45, 7) is 10.8. The van der Waals surface area contributed by atoms with Gasteiger partial charge in [-0.1, -0.05) is 32.9 Å². The molecule has 30 heavy (non-hydrogen) atoms. The number of rotatable bonds is 8. The van der Waals surface area contributed by atoms with Crippen LogP contribution in [0.4, 0.5) is 5.69 Å². The van der Waals surface area contributed by atoms with E-state index >= 15 is 0 Å². The molecule has 1 amide bonds. The van der Waals surface area contributed by atoms with Crippen LogP contribution in [0, 0.1) is 0 Å². The Hall–Kier alpha value is -2.34. The first-order valence-corrected chi connectivity index (χ1v) is 12.1. The zero-order valence-corrected chi connectivity index (χ0v) is 19.6. The van der Waals surface area contributed by atoms with E-state index in [2.05, 4.69) is 32.9 Å². The molecule has 0 aromatic heterocycles. The quantitative estimate of drug-likeness (QED) is 0.553. The Morgan fingerprint density at radius 2 is 1.57 bits per heavy atom. The second-order valence-electron chi connectivity index (χ2n) is 8.85. The maximum absolute atomic E-state index is 12.8. The fourth-order valence-corrected chi connectivity index (χ4v) is 3.80. The van der Waals surface area contributed by atoms with E-state index in [1.807, 2.05) is 26.0 Å². The summed E-state index contributed by atoms with van der Waals surface area (Å²) in [5, 5.41) is 0. The molecular formula is C24H33NO4S. The molecule has 5 nitrogen and oxygen atoms in total. The molecule has 0 saturated carbocycles. The minimum atomic E-state index is -3.26. The molecule has 0 aliphatic rings. The van der Waals surface area contributed by atoms with E-state index in [1.165, 1.54) is 24.0 Å². The van der Waals surface area contributed by atoms with E-state index in [0.29, 0.717) is 25.1 Å². The van der Waals surface area contributed by atoms with Crippen molar-refractivity contribution in [3.8, 4) is 5.75 Å². The maximum Gasteiger partial charge on any atom is 0.227 e. The number of carbonyl (C=O) groups is 1. The van der Waals surface area contributed by atoms with Gasteiger partial charge in [0, 0.05) is 24.4 Å². The van der Waals surface area contributed by atoms with Crippen LogP contribution in [-0.2, 0) is 20.0 Å². The number of amides is 1. The van der Waals surface area contributed by atoms with E-state index < -0.39 is 9.84 Å². The summed E-state index contributed by atoms with van der Waals surface area (Å²) in [6.07, 6.45) is 2.13. The zero-order valence-electron chi connectivity index (χ0n) is 18.8. The fraction of sp³-hybridized carbons (Fsp3) is 0.458. The SMILES string of the molecule is CC(C)N(C(=O)CCCOc1ccc(C(C)(C)C)cc1)c1ccc(S(C)(=O)=O)cc1. The van der Waals surface area contributed by atoms with Gasteiger partial charge in [-0.15, -0.1) is 0 Å². The molecule has 0 heterocycles. The van der Waals surface area contributed by atoms with Gasteiger partial charge in [0.2, 0.25) is 5.91 Å². The van der Waals surface area contributed by atoms with Crippen molar-refractivity contribution in [2.24, 2.45) is 0 Å². The van der Waals surface area contributed by atoms with Crippen molar-refractivity contribution in [2.45, 2.75) is 63.8 Å². The molecule has 0 saturated heterocycles. The van der Waals surface area contributed by atoms with E-state index in [4.69, 9.17) is 4.74 Å². The highest BCUT2D eigenvalue weighted by Crippen LogP contribution is 2.25. The minimum absolute atomic E-state index is 0.0104. The van der Waals surface area contributed by atoms with Crippen LogP contribution < -0.4 is 9.64 Å². The molecule has 0 N–H and O–H groups in total. The van der Waals surface area contributed by atoms with E-state index in [1.54, 1.807) is 17.0 Å². The van der Waals surface area contributed by atoms with Crippen LogP contribution in [0.5, 0.6) is 5.75 Å². The molecule has 2 aromatic carbocycles. The van der Waals surface area contributed by atoms with Gasteiger partial charge in [0.1, 0.15) is 5.75 Å². The van der Waals surface area contributed by atoms with Crippen LogP contribution in [0.15, 0.2) is 53.4 Å². The lowest BCUT2D eigenvalue weighted by Gasteiger charge is -2.27. The van der Waals surface area contributed by atoms with Crippen molar-refractivity contribution in [2.75, 3.05) is 17.8 Å². The van der Waals surface area contributed by atoms with Gasteiger partial charge in [-0.25, -0.2) is 8.42 Å². The summed E-state index contributed by atoms with van der Waals surface area (Å²) in [5.74, 6) is 0.788. The largest absolute Gasteiger partial charge is 0.494 e. The summed E-state index contributed by atoms with van der Waals surface area (Å²) in [5.41, 5.74) is 2.05. The summed E-state index contributed by atoms with van der Waals surface area (Å²) >= 11 is 0. The Labute approximate surface area is 181 Å². The highest BCUT2D eigenvalue weighted by molar-refractivity contribution is 7.90. The van der Waals surface area contributed by atoms with Crippen LogP contribution in [0.25, 0.3) is 0 Å². The maximum atomic E-state index is 12.8. The molecule has 2 aromatic rings. The molecule has 0 aliphatic carbocycles. The van der Waals surface area contributed by atoms with Crippen molar-refractivity contribution in [1.29, 1.82) is 0 Å². The number of hydrogen-bond donors (Lipinski definition) is 0. The normalized spacial score (nSPS) is 12.1. The van der Waals surface area contributed by atoms with Gasteiger partial charge in [-0.2, -0.15) is 0 Å². The van der Waals surface area contributed by atoms with Crippen molar-refractivity contribution < 1.29 is 17.9 Å². The smallest absolute Gasteiger partial charge is 0.227 e. The topological polar surface area (TPSA) is 63.7 Å². The molecule has 2 rings (SSSR count). The van der Waals surface area contributed by atoms with Crippen LogP contribution in [0.3, 0.4) is 0 Å². The first-order chi connectivity index (χ1) is 13.9. The Morgan fingerprint density at radius 3 is 2.03 bits per heavy atom. The molecule has 0 spiro atoms. The molecule has 0 bridgehead atoms. The highest BCUT2D eigenvalue weighted by Gasteiger charge is 2.19. The third kappa shape index (κ3) is 6.59. The van der Waals surface area contributed by atoms with Crippen molar-refractivity contribution in [3.05, 3.63) is 54.1 Å². The zero-order chi connectivity index (χ0) is 22.5. The molecule has 0 fully saturated rings. The molecule has 0 radical (unpaired) electrons. The highest BCUT2D eigenvalue weighted by atomic mass is 32.2. The number of sulfone groups is 1. The molecule has 6 heteroatoms. The van der Waals surface area contributed by atoms with E-state index in [-0.39, 0.29) is 22.3 Å².